The number of aromatic hydroxyl groups is 1. The van der Waals surface area contributed by atoms with Gasteiger partial charge in [-0.3, -0.25) is 5.43 Å². The topological polar surface area (TPSA) is 70.4 Å². The van der Waals surface area contributed by atoms with E-state index in [4.69, 9.17) is 0 Å². The van der Waals surface area contributed by atoms with Gasteiger partial charge in [0.25, 0.3) is 0 Å². The normalized spacial score (nSPS) is 10.8. The molecule has 1 heterocycles. The number of aryl methyl sites for hydroxylation is 1. The zero-order valence-electron chi connectivity index (χ0n) is 12.6. The monoisotopic (exact) mass is 304 g/mol. The maximum Gasteiger partial charge on any atom is 0.150 e. The molecule has 5 heteroatoms. The molecule has 0 aliphatic rings. The largest absolute Gasteiger partial charge is 0.508 e. The number of phenols is 1. The van der Waals surface area contributed by atoms with E-state index in [2.05, 4.69) is 20.5 Å². The molecule has 2 aromatic carbocycles. The van der Waals surface area contributed by atoms with Crippen LogP contribution in [0.3, 0.4) is 0 Å². The fraction of sp³-hybridized carbons (Fsp3) is 0.0556. The second-order valence-electron chi connectivity index (χ2n) is 5.01. The van der Waals surface area contributed by atoms with Gasteiger partial charge in [0.05, 0.1) is 11.9 Å². The molecule has 0 amide bonds. The van der Waals surface area contributed by atoms with Gasteiger partial charge in [0.1, 0.15) is 17.4 Å². The van der Waals surface area contributed by atoms with Crippen molar-refractivity contribution in [2.24, 2.45) is 5.10 Å². The van der Waals surface area contributed by atoms with Gasteiger partial charge >= 0.3 is 0 Å². The summed E-state index contributed by atoms with van der Waals surface area (Å²) in [6.07, 6.45) is 1.67. The van der Waals surface area contributed by atoms with E-state index in [0.717, 1.165) is 16.8 Å². The van der Waals surface area contributed by atoms with E-state index >= 15 is 0 Å². The van der Waals surface area contributed by atoms with Crippen molar-refractivity contribution < 1.29 is 5.11 Å². The van der Waals surface area contributed by atoms with E-state index in [9.17, 15) is 5.11 Å². The molecule has 2 N–H and O–H groups in total. The summed E-state index contributed by atoms with van der Waals surface area (Å²) >= 11 is 0. The number of hydrazone groups is 1. The van der Waals surface area contributed by atoms with Crippen LogP contribution in [0.4, 0.5) is 5.82 Å². The Bertz CT molecular complexity index is 814. The molecule has 0 aliphatic heterocycles. The van der Waals surface area contributed by atoms with Crippen molar-refractivity contribution in [2.75, 3.05) is 5.43 Å². The van der Waals surface area contributed by atoms with Crippen LogP contribution in [0.2, 0.25) is 0 Å². The first kappa shape index (κ1) is 14.7. The lowest BCUT2D eigenvalue weighted by Gasteiger charge is -2.05. The second-order valence-corrected chi connectivity index (χ2v) is 5.01. The van der Waals surface area contributed by atoms with Gasteiger partial charge in [-0.1, -0.05) is 30.3 Å². The number of benzene rings is 2. The summed E-state index contributed by atoms with van der Waals surface area (Å²) in [4.78, 5) is 8.78. The van der Waals surface area contributed by atoms with Crippen LogP contribution in [0.5, 0.6) is 5.75 Å². The predicted octanol–water partition coefficient (Wildman–Crippen LogP) is 3.60. The Labute approximate surface area is 134 Å². The number of nitrogens with one attached hydrogen (secondary N) is 1. The Morgan fingerprint density at radius 3 is 2.48 bits per heavy atom. The van der Waals surface area contributed by atoms with Crippen molar-refractivity contribution in [1.82, 2.24) is 9.97 Å². The standard InChI is InChI=1S/C18H16N4O/c1-13-20-17(15-5-3-2-4-6-15)11-18(21-13)22-19-12-14-7-9-16(23)10-8-14/h2-12,23H,1H3,(H,20,21,22)/b19-12+. The summed E-state index contributed by atoms with van der Waals surface area (Å²) in [6, 6.07) is 18.6. The Balaban J connectivity index is 1.78. The Morgan fingerprint density at radius 2 is 1.74 bits per heavy atom. The number of anilines is 1. The molecule has 0 saturated carbocycles. The molecule has 0 bridgehead atoms. The maximum absolute atomic E-state index is 9.25. The van der Waals surface area contributed by atoms with Gasteiger partial charge in [-0.25, -0.2) is 9.97 Å². The highest BCUT2D eigenvalue weighted by molar-refractivity contribution is 5.80. The Morgan fingerprint density at radius 1 is 1.00 bits per heavy atom. The number of aromatic nitrogens is 2. The summed E-state index contributed by atoms with van der Waals surface area (Å²) in [5.41, 5.74) is 5.67. The molecule has 0 fully saturated rings. The van der Waals surface area contributed by atoms with E-state index in [0.29, 0.717) is 11.6 Å². The molecule has 1 aromatic heterocycles. The molecule has 0 unspecified atom stereocenters. The van der Waals surface area contributed by atoms with Crippen molar-refractivity contribution in [2.45, 2.75) is 6.92 Å². The summed E-state index contributed by atoms with van der Waals surface area (Å²) in [5.74, 6) is 1.54. The van der Waals surface area contributed by atoms with Crippen molar-refractivity contribution >= 4 is 12.0 Å². The highest BCUT2D eigenvalue weighted by Crippen LogP contribution is 2.19. The number of nitrogens with zero attached hydrogens (tertiary/aromatic N) is 3. The highest BCUT2D eigenvalue weighted by Gasteiger charge is 2.03. The lowest BCUT2D eigenvalue weighted by Crippen LogP contribution is -1.98. The summed E-state index contributed by atoms with van der Waals surface area (Å²) in [7, 11) is 0. The van der Waals surface area contributed by atoms with Gasteiger partial charge < -0.3 is 5.11 Å². The zero-order chi connectivity index (χ0) is 16.1. The van der Waals surface area contributed by atoms with Crippen LogP contribution < -0.4 is 5.43 Å². The van der Waals surface area contributed by atoms with Gasteiger partial charge in [0, 0.05) is 11.6 Å². The van der Waals surface area contributed by atoms with Gasteiger partial charge in [-0.05, 0) is 36.8 Å². The van der Waals surface area contributed by atoms with E-state index in [1.807, 2.05) is 43.3 Å². The fourth-order valence-corrected chi connectivity index (χ4v) is 2.12. The second kappa shape index (κ2) is 6.70. The Hall–Kier alpha value is -3.21. The predicted molar refractivity (Wildman–Crippen MR) is 91.5 cm³/mol. The highest BCUT2D eigenvalue weighted by atomic mass is 16.3. The van der Waals surface area contributed by atoms with Crippen LogP contribution in [-0.2, 0) is 0 Å². The molecule has 5 nitrogen and oxygen atoms in total. The van der Waals surface area contributed by atoms with Crippen molar-refractivity contribution in [3.8, 4) is 17.0 Å². The zero-order valence-corrected chi connectivity index (χ0v) is 12.6. The first-order valence-electron chi connectivity index (χ1n) is 7.20. The third-order valence-electron chi connectivity index (χ3n) is 3.19. The van der Waals surface area contributed by atoms with Crippen LogP contribution in [-0.4, -0.2) is 21.3 Å². The molecule has 0 radical (unpaired) electrons. The molecular formula is C18H16N4O. The minimum absolute atomic E-state index is 0.231. The van der Waals surface area contributed by atoms with Crippen LogP contribution in [0.15, 0.2) is 65.8 Å². The summed E-state index contributed by atoms with van der Waals surface area (Å²) in [5, 5.41) is 13.4. The van der Waals surface area contributed by atoms with E-state index in [-0.39, 0.29) is 5.75 Å². The van der Waals surface area contributed by atoms with Gasteiger partial charge in [0.15, 0.2) is 0 Å². The molecular weight excluding hydrogens is 288 g/mol. The maximum atomic E-state index is 9.25. The Kier molecular flexibility index (Phi) is 4.29. The SMILES string of the molecule is Cc1nc(N/N=C/c2ccc(O)cc2)cc(-c2ccccc2)n1. The molecule has 0 spiro atoms. The third kappa shape index (κ3) is 3.91. The number of hydrogen-bond acceptors (Lipinski definition) is 5. The van der Waals surface area contributed by atoms with Gasteiger partial charge in [-0.2, -0.15) is 5.10 Å². The van der Waals surface area contributed by atoms with Crippen molar-refractivity contribution in [3.05, 3.63) is 72.1 Å². The lowest BCUT2D eigenvalue weighted by atomic mass is 10.1. The molecule has 3 rings (SSSR count). The number of phenolic OH excluding ortho intramolecular Hbond substituents is 1. The molecule has 23 heavy (non-hydrogen) atoms. The van der Waals surface area contributed by atoms with Crippen molar-refractivity contribution in [3.63, 3.8) is 0 Å². The fourth-order valence-electron chi connectivity index (χ4n) is 2.12. The third-order valence-corrected chi connectivity index (χ3v) is 3.19. The molecule has 0 aliphatic carbocycles. The van der Waals surface area contributed by atoms with E-state index in [1.165, 1.54) is 0 Å². The van der Waals surface area contributed by atoms with Gasteiger partial charge in [-0.15, -0.1) is 0 Å². The van der Waals surface area contributed by atoms with Crippen molar-refractivity contribution in [1.29, 1.82) is 0 Å². The van der Waals surface area contributed by atoms with Crippen LogP contribution in [0.25, 0.3) is 11.3 Å². The minimum Gasteiger partial charge on any atom is -0.508 e. The smallest absolute Gasteiger partial charge is 0.150 e. The quantitative estimate of drug-likeness (QED) is 0.570. The molecule has 114 valence electrons. The lowest BCUT2D eigenvalue weighted by molar-refractivity contribution is 0.475. The number of hydrogen-bond donors (Lipinski definition) is 2. The van der Waals surface area contributed by atoms with Crippen LogP contribution >= 0.6 is 0 Å². The summed E-state index contributed by atoms with van der Waals surface area (Å²) in [6.45, 7) is 1.85. The molecule has 3 aromatic rings. The first-order valence-corrected chi connectivity index (χ1v) is 7.20. The molecule has 0 saturated heterocycles. The van der Waals surface area contributed by atoms with Gasteiger partial charge in [0.2, 0.25) is 0 Å². The minimum atomic E-state index is 0.231. The molecule has 0 atom stereocenters. The number of rotatable bonds is 4. The van der Waals surface area contributed by atoms with Crippen LogP contribution in [0, 0.1) is 6.92 Å². The average Bonchev–Trinajstić information content (AvgIpc) is 2.57. The average molecular weight is 304 g/mol. The summed E-state index contributed by atoms with van der Waals surface area (Å²) < 4.78 is 0. The van der Waals surface area contributed by atoms with Crippen LogP contribution in [0.1, 0.15) is 11.4 Å². The first-order chi connectivity index (χ1) is 11.2. The van der Waals surface area contributed by atoms with E-state index in [1.54, 1.807) is 30.5 Å². The van der Waals surface area contributed by atoms with E-state index < -0.39 is 0 Å².